The molecule has 0 radical (unpaired) electrons. The lowest BCUT2D eigenvalue weighted by atomic mass is 9.85. The molecule has 1 unspecified atom stereocenters. The third kappa shape index (κ3) is 4.68. The standard InChI is InChI=1S/C22H33NO7/c1-11-15(24)12-13(16(25)28-19(2,3)4)14(12)22(11,17(26)29-20(5,6)7)23-18(27)30-21(8,9)10/h12-14H,1H2,2-10H3,(H,23,27)/t12-,13-,14?,22-/m0/s1. The maximum atomic E-state index is 13.3. The molecule has 0 saturated heterocycles. The Bertz CT molecular complexity index is 794. The summed E-state index contributed by atoms with van der Waals surface area (Å²) in [5.74, 6) is -4.41. The lowest BCUT2D eigenvalue weighted by Crippen LogP contribution is -2.60. The van der Waals surface area contributed by atoms with Crippen LogP contribution in [0.4, 0.5) is 4.79 Å². The van der Waals surface area contributed by atoms with E-state index in [0.717, 1.165) is 0 Å². The highest BCUT2D eigenvalue weighted by molar-refractivity contribution is 6.16. The summed E-state index contributed by atoms with van der Waals surface area (Å²) in [4.78, 5) is 51.4. The second kappa shape index (κ2) is 7.10. The summed E-state index contributed by atoms with van der Waals surface area (Å²) in [5, 5.41) is 2.53. The molecule has 2 aliphatic carbocycles. The van der Waals surface area contributed by atoms with E-state index >= 15 is 0 Å². The number of hydrogen-bond donors (Lipinski definition) is 1. The molecule has 2 rings (SSSR count). The molecule has 0 aromatic heterocycles. The maximum absolute atomic E-state index is 13.3. The summed E-state index contributed by atoms with van der Waals surface area (Å²) in [6.45, 7) is 18.9. The molecule has 1 amide bonds. The summed E-state index contributed by atoms with van der Waals surface area (Å²) in [6, 6.07) is 0. The Labute approximate surface area is 177 Å². The van der Waals surface area contributed by atoms with Crippen LogP contribution in [0.25, 0.3) is 0 Å². The summed E-state index contributed by atoms with van der Waals surface area (Å²) in [7, 11) is 0. The number of carbonyl (C=O) groups is 4. The van der Waals surface area contributed by atoms with Crippen LogP contribution in [0.3, 0.4) is 0 Å². The van der Waals surface area contributed by atoms with E-state index in [-0.39, 0.29) is 5.57 Å². The monoisotopic (exact) mass is 423 g/mol. The van der Waals surface area contributed by atoms with Crippen molar-refractivity contribution < 1.29 is 33.4 Å². The first-order valence-electron chi connectivity index (χ1n) is 10.0. The van der Waals surface area contributed by atoms with Gasteiger partial charge in [0.2, 0.25) is 0 Å². The number of nitrogens with one attached hydrogen (secondary N) is 1. The number of fused-ring (bicyclic) bond motifs is 1. The Morgan fingerprint density at radius 2 is 1.33 bits per heavy atom. The van der Waals surface area contributed by atoms with E-state index in [9.17, 15) is 19.2 Å². The van der Waals surface area contributed by atoms with Gasteiger partial charge in [0.05, 0.1) is 5.92 Å². The average Bonchev–Trinajstić information content (AvgIpc) is 3.16. The van der Waals surface area contributed by atoms with Crippen LogP contribution in [0.2, 0.25) is 0 Å². The van der Waals surface area contributed by atoms with E-state index in [1.54, 1.807) is 62.3 Å². The van der Waals surface area contributed by atoms with Gasteiger partial charge in [-0.2, -0.15) is 0 Å². The second-order valence-electron chi connectivity index (χ2n) is 10.9. The van der Waals surface area contributed by atoms with E-state index in [2.05, 4.69) is 11.9 Å². The van der Waals surface area contributed by atoms with E-state index in [1.165, 1.54) is 0 Å². The molecular formula is C22H33NO7. The first-order valence-corrected chi connectivity index (χ1v) is 10.0. The van der Waals surface area contributed by atoms with Crippen LogP contribution in [-0.2, 0) is 28.6 Å². The molecule has 30 heavy (non-hydrogen) atoms. The van der Waals surface area contributed by atoms with Gasteiger partial charge in [-0.05, 0) is 62.3 Å². The van der Waals surface area contributed by atoms with Crippen LogP contribution < -0.4 is 5.32 Å². The normalized spacial score (nSPS) is 28.5. The molecule has 0 aliphatic heterocycles. The van der Waals surface area contributed by atoms with Crippen molar-refractivity contribution in [3.05, 3.63) is 12.2 Å². The maximum Gasteiger partial charge on any atom is 0.408 e. The molecule has 2 fully saturated rings. The van der Waals surface area contributed by atoms with Gasteiger partial charge in [0.15, 0.2) is 11.3 Å². The lowest BCUT2D eigenvalue weighted by molar-refractivity contribution is -0.163. The highest BCUT2D eigenvalue weighted by Gasteiger charge is 2.79. The van der Waals surface area contributed by atoms with Crippen LogP contribution in [0.1, 0.15) is 62.3 Å². The molecule has 168 valence electrons. The van der Waals surface area contributed by atoms with Crippen molar-refractivity contribution >= 4 is 23.8 Å². The van der Waals surface area contributed by atoms with Gasteiger partial charge in [-0.25, -0.2) is 9.59 Å². The molecule has 0 heterocycles. The Morgan fingerprint density at radius 1 is 0.867 bits per heavy atom. The van der Waals surface area contributed by atoms with Gasteiger partial charge >= 0.3 is 18.0 Å². The SMILES string of the molecule is C=C1C(=O)[C@@H]2C([C@H]2C(=O)OC(C)(C)C)[C@]1(NC(=O)OC(C)(C)C)C(=O)OC(C)(C)C. The van der Waals surface area contributed by atoms with Crippen LogP contribution in [-0.4, -0.2) is 46.2 Å². The minimum absolute atomic E-state index is 0.114. The predicted molar refractivity (Wildman–Crippen MR) is 108 cm³/mol. The third-order valence-electron chi connectivity index (χ3n) is 4.69. The fourth-order valence-electron chi connectivity index (χ4n) is 3.73. The van der Waals surface area contributed by atoms with E-state index in [0.29, 0.717) is 0 Å². The first kappa shape index (κ1) is 23.9. The van der Waals surface area contributed by atoms with Crippen molar-refractivity contribution in [2.45, 2.75) is 84.7 Å². The number of alkyl carbamates (subject to hydrolysis) is 1. The molecule has 0 aromatic rings. The lowest BCUT2D eigenvalue weighted by Gasteiger charge is -2.35. The number of carbonyl (C=O) groups excluding carboxylic acids is 4. The third-order valence-corrected chi connectivity index (χ3v) is 4.69. The van der Waals surface area contributed by atoms with Gasteiger partial charge in [0.1, 0.15) is 16.8 Å². The van der Waals surface area contributed by atoms with Crippen molar-refractivity contribution in [2.24, 2.45) is 17.8 Å². The van der Waals surface area contributed by atoms with Gasteiger partial charge in [0, 0.05) is 17.4 Å². The van der Waals surface area contributed by atoms with Gasteiger partial charge in [-0.15, -0.1) is 0 Å². The molecule has 2 saturated carbocycles. The van der Waals surface area contributed by atoms with Gasteiger partial charge in [0.25, 0.3) is 0 Å². The Hall–Kier alpha value is -2.38. The molecule has 4 atom stereocenters. The van der Waals surface area contributed by atoms with Crippen LogP contribution >= 0.6 is 0 Å². The Balaban J connectivity index is 2.45. The number of ether oxygens (including phenoxy) is 3. The zero-order valence-electron chi connectivity index (χ0n) is 19.3. The van der Waals surface area contributed by atoms with Crippen molar-refractivity contribution in [3.63, 3.8) is 0 Å². The smallest absolute Gasteiger partial charge is 0.408 e. The highest BCUT2D eigenvalue weighted by Crippen LogP contribution is 2.63. The summed E-state index contributed by atoms with van der Waals surface area (Å²) >= 11 is 0. The van der Waals surface area contributed by atoms with Crippen molar-refractivity contribution in [1.82, 2.24) is 5.32 Å². The quantitative estimate of drug-likeness (QED) is 0.422. The number of hydrogen-bond acceptors (Lipinski definition) is 7. The molecule has 1 N–H and O–H groups in total. The van der Waals surface area contributed by atoms with Crippen molar-refractivity contribution in [2.75, 3.05) is 0 Å². The van der Waals surface area contributed by atoms with Crippen molar-refractivity contribution in [3.8, 4) is 0 Å². The molecule has 0 spiro atoms. The zero-order chi connectivity index (χ0) is 23.4. The molecular weight excluding hydrogens is 390 g/mol. The van der Waals surface area contributed by atoms with Gasteiger partial charge in [-0.3, -0.25) is 9.59 Å². The minimum atomic E-state index is -1.89. The van der Waals surface area contributed by atoms with Crippen molar-refractivity contribution in [1.29, 1.82) is 0 Å². The summed E-state index contributed by atoms with van der Waals surface area (Å²) in [5.41, 5.74) is -4.49. The fourth-order valence-corrected chi connectivity index (χ4v) is 3.73. The number of esters is 2. The van der Waals surface area contributed by atoms with E-state index < -0.39 is 63.9 Å². The second-order valence-corrected chi connectivity index (χ2v) is 10.9. The van der Waals surface area contributed by atoms with Gasteiger partial charge < -0.3 is 19.5 Å². The fraction of sp³-hybridized carbons (Fsp3) is 0.727. The number of rotatable bonds is 3. The van der Waals surface area contributed by atoms with Crippen LogP contribution in [0, 0.1) is 17.8 Å². The van der Waals surface area contributed by atoms with Gasteiger partial charge in [-0.1, -0.05) is 6.58 Å². The van der Waals surface area contributed by atoms with Crippen LogP contribution in [0.15, 0.2) is 12.2 Å². The summed E-state index contributed by atoms with van der Waals surface area (Å²) < 4.78 is 16.3. The zero-order valence-corrected chi connectivity index (χ0v) is 19.3. The molecule has 0 aromatic carbocycles. The molecule has 8 nitrogen and oxygen atoms in total. The molecule has 8 heteroatoms. The molecule has 0 bridgehead atoms. The predicted octanol–water partition coefficient (Wildman–Crippen LogP) is 2.93. The van der Waals surface area contributed by atoms with E-state index in [4.69, 9.17) is 14.2 Å². The first-order chi connectivity index (χ1) is 13.3. The summed E-state index contributed by atoms with van der Waals surface area (Å²) in [6.07, 6.45) is -0.905. The van der Waals surface area contributed by atoms with Crippen LogP contribution in [0.5, 0.6) is 0 Å². The largest absolute Gasteiger partial charge is 0.460 e. The topological polar surface area (TPSA) is 108 Å². The molecule has 2 aliphatic rings. The highest BCUT2D eigenvalue weighted by atomic mass is 16.6. The number of amides is 1. The minimum Gasteiger partial charge on any atom is -0.460 e. The number of ketones is 1. The Kier molecular flexibility index (Phi) is 5.65. The Morgan fingerprint density at radius 3 is 1.77 bits per heavy atom. The number of Topliss-reactive ketones (excluding diaryl/α,β-unsaturated/α-hetero) is 1. The van der Waals surface area contributed by atoms with E-state index in [1.807, 2.05) is 0 Å². The average molecular weight is 424 g/mol.